The molecule has 0 spiro atoms. The van der Waals surface area contributed by atoms with Gasteiger partial charge < -0.3 is 4.57 Å². The Hall–Kier alpha value is -1.55. The molecule has 1 aliphatic heterocycles. The molecule has 2 aromatic carbocycles. The summed E-state index contributed by atoms with van der Waals surface area (Å²) in [4.78, 5) is 7.41. The Balaban J connectivity index is 0.00000104. The van der Waals surface area contributed by atoms with Crippen LogP contribution in [0.2, 0.25) is 0 Å². The molecule has 3 aromatic rings. The topological polar surface area (TPSA) is 21.1 Å². The van der Waals surface area contributed by atoms with Crippen LogP contribution in [0.4, 0.5) is 0 Å². The van der Waals surface area contributed by atoms with Gasteiger partial charge in [0, 0.05) is 6.54 Å². The number of para-hydroxylation sites is 2. The first-order chi connectivity index (χ1) is 10.9. The van der Waals surface area contributed by atoms with E-state index in [1.54, 1.807) is 0 Å². The third-order valence-electron chi connectivity index (χ3n) is 4.48. The van der Waals surface area contributed by atoms with Gasteiger partial charge in [0.25, 0.3) is 0 Å². The van der Waals surface area contributed by atoms with E-state index in [1.807, 2.05) is 0 Å². The van der Waals surface area contributed by atoms with Crippen molar-refractivity contribution in [2.75, 3.05) is 13.1 Å². The molecule has 5 heteroatoms. The zero-order valence-electron chi connectivity index (χ0n) is 13.6. The maximum absolute atomic E-state index is 4.89. The Kier molecular flexibility index (Phi) is 6.67. The summed E-state index contributed by atoms with van der Waals surface area (Å²) in [5.74, 6) is 1.19. The quantitative estimate of drug-likeness (QED) is 0.679. The molecule has 24 heavy (non-hydrogen) atoms. The number of likely N-dealkylation sites (tertiary alicyclic amines) is 1. The summed E-state index contributed by atoms with van der Waals surface area (Å²) in [5, 5.41) is 0. The fourth-order valence-electron chi connectivity index (χ4n) is 3.33. The summed E-state index contributed by atoms with van der Waals surface area (Å²) < 4.78 is 2.38. The number of aromatic nitrogens is 2. The first-order valence-corrected chi connectivity index (χ1v) is 8.10. The molecule has 0 unspecified atom stereocenters. The van der Waals surface area contributed by atoms with Crippen LogP contribution in [-0.4, -0.2) is 27.5 Å². The molecule has 1 fully saturated rings. The van der Waals surface area contributed by atoms with Crippen molar-refractivity contribution in [1.29, 1.82) is 0 Å². The smallest absolute Gasteiger partial charge is 0.124 e. The van der Waals surface area contributed by atoms with E-state index in [0.29, 0.717) is 0 Å². The standard InChI is InChI=1S/C19H21N3.2ClH/c1-2-8-16(9-3-1)14-22-18-11-5-4-10-17(18)20-19(22)15-21-12-6-7-13-21;;/h1-5,8-11H,6-7,12-15H2;2*1H. The van der Waals surface area contributed by atoms with E-state index in [2.05, 4.69) is 64.1 Å². The third kappa shape index (κ3) is 3.92. The number of halogens is 2. The van der Waals surface area contributed by atoms with Crippen LogP contribution in [0.1, 0.15) is 24.2 Å². The molecule has 1 saturated heterocycles. The van der Waals surface area contributed by atoms with E-state index in [9.17, 15) is 0 Å². The molecule has 2 heterocycles. The Morgan fingerprint density at radius 2 is 1.46 bits per heavy atom. The maximum atomic E-state index is 4.89. The van der Waals surface area contributed by atoms with Gasteiger partial charge in [0.2, 0.25) is 0 Å². The Bertz CT molecular complexity index is 765. The minimum Gasteiger partial charge on any atom is -0.322 e. The van der Waals surface area contributed by atoms with Crippen molar-refractivity contribution < 1.29 is 0 Å². The summed E-state index contributed by atoms with van der Waals surface area (Å²) in [5.41, 5.74) is 3.67. The van der Waals surface area contributed by atoms with Crippen molar-refractivity contribution in [2.45, 2.75) is 25.9 Å². The highest BCUT2D eigenvalue weighted by molar-refractivity contribution is 5.85. The van der Waals surface area contributed by atoms with Gasteiger partial charge in [0.1, 0.15) is 5.82 Å². The normalized spacial score (nSPS) is 14.3. The van der Waals surface area contributed by atoms with Crippen LogP contribution in [-0.2, 0) is 13.1 Å². The van der Waals surface area contributed by atoms with Crippen molar-refractivity contribution in [3.8, 4) is 0 Å². The number of hydrogen-bond donors (Lipinski definition) is 0. The number of fused-ring (bicyclic) bond motifs is 1. The van der Waals surface area contributed by atoms with Crippen LogP contribution in [0.3, 0.4) is 0 Å². The van der Waals surface area contributed by atoms with E-state index < -0.39 is 0 Å². The molecule has 1 aromatic heterocycles. The molecule has 0 atom stereocenters. The Labute approximate surface area is 155 Å². The molecule has 1 aliphatic rings. The second-order valence-electron chi connectivity index (χ2n) is 6.07. The highest BCUT2D eigenvalue weighted by Gasteiger charge is 2.17. The molecule has 4 rings (SSSR count). The zero-order chi connectivity index (χ0) is 14.8. The van der Waals surface area contributed by atoms with Crippen molar-refractivity contribution in [2.24, 2.45) is 0 Å². The predicted molar refractivity (Wildman–Crippen MR) is 104 cm³/mol. The van der Waals surface area contributed by atoms with Crippen molar-refractivity contribution in [3.05, 3.63) is 66.0 Å². The van der Waals surface area contributed by atoms with Gasteiger partial charge in [-0.2, -0.15) is 0 Å². The lowest BCUT2D eigenvalue weighted by Gasteiger charge is -2.16. The predicted octanol–water partition coefficient (Wildman–Crippen LogP) is 4.52. The summed E-state index contributed by atoms with van der Waals surface area (Å²) in [7, 11) is 0. The van der Waals surface area contributed by atoms with Crippen LogP contribution in [0.15, 0.2) is 54.6 Å². The second-order valence-corrected chi connectivity index (χ2v) is 6.07. The number of hydrogen-bond acceptors (Lipinski definition) is 2. The molecule has 0 radical (unpaired) electrons. The summed E-state index contributed by atoms with van der Waals surface area (Å²) in [6.07, 6.45) is 2.64. The van der Waals surface area contributed by atoms with Crippen LogP contribution < -0.4 is 0 Å². The van der Waals surface area contributed by atoms with Crippen molar-refractivity contribution in [3.63, 3.8) is 0 Å². The molecular formula is C19H23Cl2N3. The lowest BCUT2D eigenvalue weighted by Crippen LogP contribution is -2.21. The Morgan fingerprint density at radius 1 is 0.792 bits per heavy atom. The van der Waals surface area contributed by atoms with E-state index in [4.69, 9.17) is 4.98 Å². The summed E-state index contributed by atoms with van der Waals surface area (Å²) >= 11 is 0. The molecule has 0 N–H and O–H groups in total. The molecule has 0 saturated carbocycles. The van der Waals surface area contributed by atoms with Crippen molar-refractivity contribution in [1.82, 2.24) is 14.5 Å². The lowest BCUT2D eigenvalue weighted by molar-refractivity contribution is 0.318. The van der Waals surface area contributed by atoms with E-state index in [1.165, 1.54) is 42.8 Å². The molecular weight excluding hydrogens is 341 g/mol. The van der Waals surface area contributed by atoms with Gasteiger partial charge in [-0.25, -0.2) is 4.98 Å². The van der Waals surface area contributed by atoms with Gasteiger partial charge in [0.15, 0.2) is 0 Å². The molecule has 0 bridgehead atoms. The average molecular weight is 364 g/mol. The van der Waals surface area contributed by atoms with Crippen LogP contribution in [0.25, 0.3) is 11.0 Å². The van der Waals surface area contributed by atoms with Gasteiger partial charge in [0.05, 0.1) is 17.6 Å². The van der Waals surface area contributed by atoms with Crippen molar-refractivity contribution >= 4 is 35.8 Å². The minimum absolute atomic E-state index is 0. The van der Waals surface area contributed by atoms with Gasteiger partial charge in [-0.05, 0) is 43.6 Å². The maximum Gasteiger partial charge on any atom is 0.124 e. The monoisotopic (exact) mass is 363 g/mol. The summed E-state index contributed by atoms with van der Waals surface area (Å²) in [6, 6.07) is 19.1. The Morgan fingerprint density at radius 3 is 2.21 bits per heavy atom. The third-order valence-corrected chi connectivity index (χ3v) is 4.48. The van der Waals surface area contributed by atoms with Gasteiger partial charge >= 0.3 is 0 Å². The van der Waals surface area contributed by atoms with Crippen LogP contribution >= 0.6 is 24.8 Å². The zero-order valence-corrected chi connectivity index (χ0v) is 15.2. The largest absolute Gasteiger partial charge is 0.322 e. The number of rotatable bonds is 4. The first kappa shape index (κ1) is 18.8. The van der Waals surface area contributed by atoms with Gasteiger partial charge in [-0.15, -0.1) is 24.8 Å². The second kappa shape index (κ2) is 8.52. The SMILES string of the molecule is Cl.Cl.c1ccc(Cn2c(CN3CCCC3)nc3ccccc32)cc1. The average Bonchev–Trinajstić information content (AvgIpc) is 3.18. The molecule has 0 amide bonds. The number of imidazole rings is 1. The van der Waals surface area contributed by atoms with E-state index in [-0.39, 0.29) is 24.8 Å². The molecule has 128 valence electrons. The summed E-state index contributed by atoms with van der Waals surface area (Å²) in [6.45, 7) is 4.26. The van der Waals surface area contributed by atoms with E-state index >= 15 is 0 Å². The number of benzene rings is 2. The fraction of sp³-hybridized carbons (Fsp3) is 0.316. The molecule has 0 aliphatic carbocycles. The highest BCUT2D eigenvalue weighted by Crippen LogP contribution is 2.20. The fourth-order valence-corrected chi connectivity index (χ4v) is 3.33. The van der Waals surface area contributed by atoms with E-state index in [0.717, 1.165) is 18.6 Å². The minimum atomic E-state index is 0. The van der Waals surface area contributed by atoms with Crippen LogP contribution in [0.5, 0.6) is 0 Å². The number of nitrogens with zero attached hydrogens (tertiary/aromatic N) is 3. The first-order valence-electron chi connectivity index (χ1n) is 8.10. The van der Waals surface area contributed by atoms with Gasteiger partial charge in [-0.3, -0.25) is 4.90 Å². The van der Waals surface area contributed by atoms with Gasteiger partial charge in [-0.1, -0.05) is 42.5 Å². The van der Waals surface area contributed by atoms with Crippen LogP contribution in [0, 0.1) is 0 Å². The highest BCUT2D eigenvalue weighted by atomic mass is 35.5. The molecule has 3 nitrogen and oxygen atoms in total. The lowest BCUT2D eigenvalue weighted by atomic mass is 10.2.